The molecule has 3 aliphatic carbocycles. The second kappa shape index (κ2) is 6.17. The average molecular weight is 410 g/mol. The second-order valence-corrected chi connectivity index (χ2v) is 10.9. The van der Waals surface area contributed by atoms with Crippen LogP contribution in [0.5, 0.6) is 0 Å². The molecule has 146 valence electrons. The van der Waals surface area contributed by atoms with Gasteiger partial charge in [-0.15, -0.1) is 0 Å². The van der Waals surface area contributed by atoms with Gasteiger partial charge in [0.05, 0.1) is 22.6 Å². The molecule has 5 rings (SSSR count). The third kappa shape index (κ3) is 2.99. The van der Waals surface area contributed by atoms with Crippen molar-refractivity contribution in [1.82, 2.24) is 14.9 Å². The van der Waals surface area contributed by atoms with Gasteiger partial charge in [-0.3, -0.25) is 5.10 Å². The van der Waals surface area contributed by atoms with E-state index in [-0.39, 0.29) is 23.1 Å². The summed E-state index contributed by atoms with van der Waals surface area (Å²) in [6, 6.07) is 3.58. The summed E-state index contributed by atoms with van der Waals surface area (Å²) < 4.78 is 28.3. The topological polar surface area (TPSA) is 95.1 Å². The molecule has 3 N–H and O–H groups in total. The number of nitrogens with one attached hydrogen (secondary N) is 2. The molecule has 4 atom stereocenters. The number of hydrogen-bond donors (Lipinski definition) is 3. The number of aliphatic hydroxyl groups is 1. The summed E-state index contributed by atoms with van der Waals surface area (Å²) >= 11 is 6.22. The average Bonchev–Trinajstić information content (AvgIpc) is 3.02. The Hall–Kier alpha value is -1.15. The first-order valence-electron chi connectivity index (χ1n) is 9.74. The van der Waals surface area contributed by atoms with Crippen molar-refractivity contribution < 1.29 is 13.5 Å². The lowest BCUT2D eigenvalue weighted by Crippen LogP contribution is -2.39. The highest BCUT2D eigenvalue weighted by Gasteiger charge is 2.63. The first-order valence-corrected chi connectivity index (χ1v) is 11.7. The zero-order chi connectivity index (χ0) is 18.8. The molecule has 0 aliphatic heterocycles. The number of H-pyrrole nitrogens is 1. The van der Waals surface area contributed by atoms with Gasteiger partial charge in [0.15, 0.2) is 0 Å². The molecule has 0 spiro atoms. The van der Waals surface area contributed by atoms with E-state index in [0.29, 0.717) is 17.9 Å². The SMILES string of the molecule is O=S(=O)(NC1[C@H]2CC(O)(c3cc(Cl)cc4[nH]ncc34)C[C@@H]12)C1CCCCC1. The van der Waals surface area contributed by atoms with Gasteiger partial charge < -0.3 is 5.11 Å². The van der Waals surface area contributed by atoms with Crippen molar-refractivity contribution in [3.05, 3.63) is 28.9 Å². The van der Waals surface area contributed by atoms with Crippen LogP contribution in [0.3, 0.4) is 0 Å². The molecule has 3 aliphatic rings. The fourth-order valence-electron chi connectivity index (χ4n) is 5.32. The fourth-order valence-corrected chi connectivity index (χ4v) is 7.42. The van der Waals surface area contributed by atoms with Gasteiger partial charge in [-0.25, -0.2) is 13.1 Å². The van der Waals surface area contributed by atoms with Crippen LogP contribution in [0.1, 0.15) is 50.5 Å². The summed E-state index contributed by atoms with van der Waals surface area (Å²) in [5.41, 5.74) is 0.621. The van der Waals surface area contributed by atoms with Gasteiger partial charge >= 0.3 is 0 Å². The van der Waals surface area contributed by atoms with E-state index >= 15 is 0 Å². The summed E-state index contributed by atoms with van der Waals surface area (Å²) in [4.78, 5) is 0. The third-order valence-electron chi connectivity index (χ3n) is 6.79. The van der Waals surface area contributed by atoms with Gasteiger partial charge in [0.2, 0.25) is 10.0 Å². The van der Waals surface area contributed by atoms with E-state index in [4.69, 9.17) is 11.6 Å². The predicted octanol–water partition coefficient (Wildman–Crippen LogP) is 3.06. The smallest absolute Gasteiger partial charge is 0.214 e. The molecule has 6 nitrogen and oxygen atoms in total. The van der Waals surface area contributed by atoms with Crippen molar-refractivity contribution in [3.63, 3.8) is 0 Å². The molecule has 3 saturated carbocycles. The second-order valence-electron chi connectivity index (χ2n) is 8.50. The number of hydrogen-bond acceptors (Lipinski definition) is 4. The van der Waals surface area contributed by atoms with Crippen LogP contribution < -0.4 is 4.72 Å². The molecule has 2 aromatic rings. The van der Waals surface area contributed by atoms with E-state index < -0.39 is 15.6 Å². The van der Waals surface area contributed by atoms with Crippen molar-refractivity contribution in [1.29, 1.82) is 0 Å². The number of benzene rings is 1. The molecule has 0 bridgehead atoms. The Labute approximate surface area is 163 Å². The standard InChI is InChI=1S/C19H24ClN3O3S/c20-11-6-16(15-10-21-22-17(15)7-11)19(24)8-13-14(9-19)18(13)23-27(25,26)12-4-2-1-3-5-12/h6-7,10,12-14,18,23-24H,1-5,8-9H2,(H,21,22)/t13-,14+,18?,19?. The van der Waals surface area contributed by atoms with Gasteiger partial charge in [-0.1, -0.05) is 30.9 Å². The fraction of sp³-hybridized carbons (Fsp3) is 0.632. The quantitative estimate of drug-likeness (QED) is 0.723. The summed E-state index contributed by atoms with van der Waals surface area (Å²) in [5, 5.41) is 19.5. The molecular formula is C19H24ClN3O3S. The van der Waals surface area contributed by atoms with Gasteiger partial charge in [0.25, 0.3) is 0 Å². The molecule has 0 amide bonds. The van der Waals surface area contributed by atoms with Crippen LogP contribution in [0.4, 0.5) is 0 Å². The molecular weight excluding hydrogens is 386 g/mol. The number of rotatable bonds is 4. The minimum absolute atomic E-state index is 0.0313. The lowest BCUT2D eigenvalue weighted by Gasteiger charge is -2.28. The van der Waals surface area contributed by atoms with Crippen LogP contribution in [-0.4, -0.2) is 35.0 Å². The minimum Gasteiger partial charge on any atom is -0.385 e. The largest absolute Gasteiger partial charge is 0.385 e. The van der Waals surface area contributed by atoms with Crippen molar-refractivity contribution >= 4 is 32.5 Å². The van der Waals surface area contributed by atoms with Crippen LogP contribution in [0.2, 0.25) is 5.02 Å². The maximum Gasteiger partial charge on any atom is 0.214 e. The molecule has 0 saturated heterocycles. The summed E-state index contributed by atoms with van der Waals surface area (Å²) in [6.07, 6.45) is 7.48. The molecule has 1 aromatic carbocycles. The van der Waals surface area contributed by atoms with Gasteiger partial charge in [0.1, 0.15) is 0 Å². The number of sulfonamides is 1. The number of nitrogens with zero attached hydrogens (tertiary/aromatic N) is 1. The Morgan fingerprint density at radius 3 is 2.59 bits per heavy atom. The van der Waals surface area contributed by atoms with Gasteiger partial charge in [-0.05, 0) is 55.2 Å². The molecule has 3 fully saturated rings. The maximum absolute atomic E-state index is 12.7. The summed E-state index contributed by atoms with van der Waals surface area (Å²) in [6.45, 7) is 0. The van der Waals surface area contributed by atoms with E-state index in [9.17, 15) is 13.5 Å². The molecule has 2 unspecified atom stereocenters. The third-order valence-corrected chi connectivity index (χ3v) is 8.96. The van der Waals surface area contributed by atoms with Crippen molar-refractivity contribution in [3.8, 4) is 0 Å². The normalized spacial score (nSPS) is 34.1. The molecule has 27 heavy (non-hydrogen) atoms. The highest BCUT2D eigenvalue weighted by molar-refractivity contribution is 7.90. The zero-order valence-corrected chi connectivity index (χ0v) is 16.6. The minimum atomic E-state index is -3.26. The van der Waals surface area contributed by atoms with Crippen LogP contribution in [0, 0.1) is 11.8 Å². The Morgan fingerprint density at radius 2 is 1.89 bits per heavy atom. The maximum atomic E-state index is 12.7. The van der Waals surface area contributed by atoms with Crippen molar-refractivity contribution in [2.75, 3.05) is 0 Å². The zero-order valence-electron chi connectivity index (χ0n) is 15.0. The van der Waals surface area contributed by atoms with Crippen LogP contribution in [-0.2, 0) is 15.6 Å². The lowest BCUT2D eigenvalue weighted by atomic mass is 9.86. The summed E-state index contributed by atoms with van der Waals surface area (Å²) in [5.74, 6) is 0.378. The van der Waals surface area contributed by atoms with Crippen LogP contribution in [0.25, 0.3) is 10.9 Å². The first-order chi connectivity index (χ1) is 12.9. The van der Waals surface area contributed by atoms with E-state index in [1.807, 2.05) is 6.07 Å². The highest BCUT2D eigenvalue weighted by Crippen LogP contribution is 2.60. The van der Waals surface area contributed by atoms with E-state index in [0.717, 1.165) is 48.6 Å². The monoisotopic (exact) mass is 409 g/mol. The molecule has 8 heteroatoms. The van der Waals surface area contributed by atoms with E-state index in [1.54, 1.807) is 12.3 Å². The van der Waals surface area contributed by atoms with Crippen LogP contribution in [0.15, 0.2) is 18.3 Å². The Bertz CT molecular complexity index is 971. The molecule has 0 radical (unpaired) electrons. The Balaban J connectivity index is 1.32. The summed E-state index contributed by atoms with van der Waals surface area (Å²) in [7, 11) is -3.26. The van der Waals surface area contributed by atoms with Crippen molar-refractivity contribution in [2.45, 2.75) is 61.8 Å². The number of halogens is 1. The number of fused-ring (bicyclic) bond motifs is 2. The van der Waals surface area contributed by atoms with E-state index in [2.05, 4.69) is 14.9 Å². The molecule has 1 aromatic heterocycles. The van der Waals surface area contributed by atoms with Gasteiger partial charge in [-0.2, -0.15) is 5.10 Å². The highest BCUT2D eigenvalue weighted by atomic mass is 35.5. The Kier molecular flexibility index (Phi) is 4.10. The van der Waals surface area contributed by atoms with Crippen LogP contribution >= 0.6 is 11.6 Å². The van der Waals surface area contributed by atoms with Gasteiger partial charge in [0, 0.05) is 16.5 Å². The number of aromatic nitrogens is 2. The van der Waals surface area contributed by atoms with E-state index in [1.165, 1.54) is 0 Å². The number of aromatic amines is 1. The first kappa shape index (κ1) is 17.9. The Morgan fingerprint density at radius 1 is 1.19 bits per heavy atom. The molecule has 1 heterocycles. The van der Waals surface area contributed by atoms with Crippen molar-refractivity contribution in [2.24, 2.45) is 11.8 Å². The predicted molar refractivity (Wildman–Crippen MR) is 104 cm³/mol. The lowest BCUT2D eigenvalue weighted by molar-refractivity contribution is 0.0303.